The Morgan fingerprint density at radius 2 is 1.85 bits per heavy atom. The molecule has 3 aromatic rings. The summed E-state index contributed by atoms with van der Waals surface area (Å²) in [7, 11) is 0. The van der Waals surface area contributed by atoms with Gasteiger partial charge in [-0.2, -0.15) is 4.68 Å². The highest BCUT2D eigenvalue weighted by atomic mass is 35.5. The lowest BCUT2D eigenvalue weighted by molar-refractivity contribution is 0.201. The Morgan fingerprint density at radius 3 is 2.59 bits per heavy atom. The number of ether oxygens (including phenoxy) is 1. The second kappa shape index (κ2) is 11.6. The molecule has 7 nitrogen and oxygen atoms in total. The third-order valence-electron chi connectivity index (χ3n) is 3.56. The molecule has 2 aromatic carbocycles. The van der Waals surface area contributed by atoms with E-state index in [1.807, 2.05) is 54.6 Å². The van der Waals surface area contributed by atoms with Gasteiger partial charge in [0.15, 0.2) is 0 Å². The maximum absolute atomic E-state index is 8.75. The standard InChI is InChI=1S/C18H21N5O2S.ClH/c24-11-12-25-17-8-6-15(7-9-17)14-19-10-13-26-18-20-21-22-23(18)16-4-2-1-3-5-16;/h1-9,19,24H,10-14H2;1H. The number of thioether (sulfide) groups is 1. The Morgan fingerprint density at radius 1 is 1.07 bits per heavy atom. The van der Waals surface area contributed by atoms with Crippen LogP contribution in [0.5, 0.6) is 5.75 Å². The normalized spacial score (nSPS) is 10.4. The second-order valence-corrected chi connectivity index (χ2v) is 6.51. The smallest absolute Gasteiger partial charge is 0.214 e. The van der Waals surface area contributed by atoms with Gasteiger partial charge >= 0.3 is 0 Å². The fourth-order valence-corrected chi connectivity index (χ4v) is 3.10. The number of hydrogen-bond donors (Lipinski definition) is 2. The molecule has 0 radical (unpaired) electrons. The summed E-state index contributed by atoms with van der Waals surface area (Å²) in [4.78, 5) is 0. The van der Waals surface area contributed by atoms with Gasteiger partial charge < -0.3 is 15.2 Å². The molecule has 0 aliphatic rings. The zero-order chi connectivity index (χ0) is 18.0. The fourth-order valence-electron chi connectivity index (χ4n) is 2.31. The number of hydrogen-bond acceptors (Lipinski definition) is 7. The van der Waals surface area contributed by atoms with E-state index in [2.05, 4.69) is 20.8 Å². The number of aromatic nitrogens is 4. The third-order valence-corrected chi connectivity index (χ3v) is 4.49. The number of aliphatic hydroxyl groups is 1. The van der Waals surface area contributed by atoms with Crippen molar-refractivity contribution in [2.24, 2.45) is 0 Å². The van der Waals surface area contributed by atoms with Crippen LogP contribution in [0.4, 0.5) is 0 Å². The zero-order valence-corrected chi connectivity index (χ0v) is 16.3. The van der Waals surface area contributed by atoms with Gasteiger partial charge in [-0.05, 0) is 40.3 Å². The van der Waals surface area contributed by atoms with Gasteiger partial charge in [-0.25, -0.2) is 0 Å². The van der Waals surface area contributed by atoms with Gasteiger partial charge in [-0.1, -0.05) is 42.1 Å². The van der Waals surface area contributed by atoms with Crippen molar-refractivity contribution in [1.29, 1.82) is 0 Å². The molecular formula is C18H22ClN5O2S. The summed E-state index contributed by atoms with van der Waals surface area (Å²) in [5.74, 6) is 1.64. The van der Waals surface area contributed by atoms with Crippen molar-refractivity contribution < 1.29 is 9.84 Å². The highest BCUT2D eigenvalue weighted by Gasteiger charge is 2.08. The molecule has 0 saturated carbocycles. The first-order valence-corrected chi connectivity index (χ1v) is 9.35. The summed E-state index contributed by atoms with van der Waals surface area (Å²) in [5, 5.41) is 24.8. The van der Waals surface area contributed by atoms with Gasteiger partial charge in [-0.3, -0.25) is 0 Å². The molecule has 0 fully saturated rings. The number of aliphatic hydroxyl groups excluding tert-OH is 1. The largest absolute Gasteiger partial charge is 0.491 e. The molecule has 1 aromatic heterocycles. The summed E-state index contributed by atoms with van der Waals surface area (Å²) in [6.45, 7) is 1.96. The minimum absolute atomic E-state index is 0. The van der Waals surface area contributed by atoms with Crippen LogP contribution in [0.1, 0.15) is 5.56 Å². The molecule has 0 saturated heterocycles. The molecule has 1 heterocycles. The van der Waals surface area contributed by atoms with Crippen molar-refractivity contribution in [2.45, 2.75) is 11.7 Å². The summed E-state index contributed by atoms with van der Waals surface area (Å²) in [6.07, 6.45) is 0. The van der Waals surface area contributed by atoms with Crippen LogP contribution in [0.15, 0.2) is 59.8 Å². The predicted octanol–water partition coefficient (Wildman–Crippen LogP) is 2.34. The van der Waals surface area contributed by atoms with Crippen LogP contribution in [-0.2, 0) is 6.54 Å². The highest BCUT2D eigenvalue weighted by Crippen LogP contribution is 2.17. The molecule has 0 amide bonds. The van der Waals surface area contributed by atoms with Crippen molar-refractivity contribution in [3.63, 3.8) is 0 Å². The monoisotopic (exact) mass is 407 g/mol. The molecule has 0 aliphatic carbocycles. The summed E-state index contributed by atoms with van der Waals surface area (Å²) >= 11 is 1.62. The number of nitrogens with one attached hydrogen (secondary N) is 1. The summed E-state index contributed by atoms with van der Waals surface area (Å²) < 4.78 is 7.09. The minimum atomic E-state index is 0. The molecule has 0 unspecified atom stereocenters. The van der Waals surface area contributed by atoms with Crippen LogP contribution in [0.2, 0.25) is 0 Å². The highest BCUT2D eigenvalue weighted by molar-refractivity contribution is 7.99. The van der Waals surface area contributed by atoms with Gasteiger partial charge in [-0.15, -0.1) is 17.5 Å². The average molecular weight is 408 g/mol. The Bertz CT molecular complexity index is 786. The van der Waals surface area contributed by atoms with E-state index in [-0.39, 0.29) is 19.0 Å². The van der Waals surface area contributed by atoms with Crippen LogP contribution in [0.25, 0.3) is 5.69 Å². The number of para-hydroxylation sites is 1. The first-order valence-electron chi connectivity index (χ1n) is 8.37. The molecule has 0 spiro atoms. The van der Waals surface area contributed by atoms with Crippen LogP contribution in [0, 0.1) is 0 Å². The molecular weight excluding hydrogens is 386 g/mol. The first-order chi connectivity index (χ1) is 12.9. The van der Waals surface area contributed by atoms with E-state index in [9.17, 15) is 0 Å². The van der Waals surface area contributed by atoms with Crippen molar-refractivity contribution in [2.75, 3.05) is 25.5 Å². The van der Waals surface area contributed by atoms with E-state index in [1.54, 1.807) is 16.4 Å². The Kier molecular flexibility index (Phi) is 9.06. The van der Waals surface area contributed by atoms with E-state index in [4.69, 9.17) is 9.84 Å². The van der Waals surface area contributed by atoms with Crippen molar-refractivity contribution in [1.82, 2.24) is 25.5 Å². The third kappa shape index (κ3) is 6.51. The zero-order valence-electron chi connectivity index (χ0n) is 14.7. The SMILES string of the molecule is Cl.OCCOc1ccc(CNCCSc2nnnn2-c2ccccc2)cc1. The Labute approximate surface area is 168 Å². The van der Waals surface area contributed by atoms with Gasteiger partial charge in [0.25, 0.3) is 0 Å². The van der Waals surface area contributed by atoms with Gasteiger partial charge in [0.05, 0.1) is 12.3 Å². The van der Waals surface area contributed by atoms with E-state index in [0.717, 1.165) is 35.4 Å². The van der Waals surface area contributed by atoms with Crippen LogP contribution in [-0.4, -0.2) is 50.8 Å². The lowest BCUT2D eigenvalue weighted by atomic mass is 10.2. The maximum atomic E-state index is 8.75. The van der Waals surface area contributed by atoms with Crippen molar-refractivity contribution in [3.05, 3.63) is 60.2 Å². The number of rotatable bonds is 10. The lowest BCUT2D eigenvalue weighted by Crippen LogP contribution is -2.16. The van der Waals surface area contributed by atoms with Crippen LogP contribution >= 0.6 is 24.2 Å². The lowest BCUT2D eigenvalue weighted by Gasteiger charge is -2.07. The molecule has 0 atom stereocenters. The van der Waals surface area contributed by atoms with E-state index >= 15 is 0 Å². The molecule has 0 aliphatic heterocycles. The quantitative estimate of drug-likeness (QED) is 0.394. The number of halogens is 1. The minimum Gasteiger partial charge on any atom is -0.491 e. The van der Waals surface area contributed by atoms with Gasteiger partial charge in [0.1, 0.15) is 12.4 Å². The molecule has 27 heavy (non-hydrogen) atoms. The topological polar surface area (TPSA) is 85.1 Å². The number of tetrazole rings is 1. The predicted molar refractivity (Wildman–Crippen MR) is 108 cm³/mol. The molecule has 2 N–H and O–H groups in total. The van der Waals surface area contributed by atoms with Gasteiger partial charge in [0.2, 0.25) is 5.16 Å². The number of nitrogens with zero attached hydrogens (tertiary/aromatic N) is 4. The molecule has 9 heteroatoms. The van der Waals surface area contributed by atoms with Crippen LogP contribution in [0.3, 0.4) is 0 Å². The van der Waals surface area contributed by atoms with Gasteiger partial charge in [0, 0.05) is 18.8 Å². The van der Waals surface area contributed by atoms with Crippen LogP contribution < -0.4 is 10.1 Å². The van der Waals surface area contributed by atoms with E-state index in [0.29, 0.717) is 6.61 Å². The number of benzene rings is 2. The molecule has 0 bridgehead atoms. The molecule has 144 valence electrons. The first kappa shape index (κ1) is 21.2. The average Bonchev–Trinajstić information content (AvgIpc) is 3.16. The van der Waals surface area contributed by atoms with E-state index < -0.39 is 0 Å². The van der Waals surface area contributed by atoms with Crippen molar-refractivity contribution >= 4 is 24.2 Å². The molecule has 3 rings (SSSR count). The fraction of sp³-hybridized carbons (Fsp3) is 0.278. The Balaban J connectivity index is 0.00000261. The maximum Gasteiger partial charge on any atom is 0.214 e. The summed E-state index contributed by atoms with van der Waals surface area (Å²) in [6, 6.07) is 17.7. The van der Waals surface area contributed by atoms with Crippen molar-refractivity contribution in [3.8, 4) is 11.4 Å². The second-order valence-electron chi connectivity index (χ2n) is 5.45. The summed E-state index contributed by atoms with van der Waals surface area (Å²) in [5.41, 5.74) is 2.14. The van der Waals surface area contributed by atoms with E-state index in [1.165, 1.54) is 5.56 Å². The Hall–Kier alpha value is -2.13.